The van der Waals surface area contributed by atoms with Crippen molar-refractivity contribution < 1.29 is 9.59 Å². The molecule has 2 heterocycles. The SMILES string of the molecule is O=C(Cc1ccc(Cl)cc1)NC1CCN(C(=O)c2cc3ccccc3[nH]2)CC1. The van der Waals surface area contributed by atoms with Crippen LogP contribution in [-0.2, 0) is 11.2 Å². The molecule has 4 rings (SSSR count). The number of aromatic amines is 1. The number of aromatic nitrogens is 1. The van der Waals surface area contributed by atoms with Gasteiger partial charge in [-0.3, -0.25) is 9.59 Å². The number of halogens is 1. The zero-order chi connectivity index (χ0) is 19.5. The third-order valence-corrected chi connectivity index (χ3v) is 5.44. The topological polar surface area (TPSA) is 65.2 Å². The Hall–Kier alpha value is -2.79. The first kappa shape index (κ1) is 18.6. The number of carbonyl (C=O) groups is 2. The summed E-state index contributed by atoms with van der Waals surface area (Å²) in [7, 11) is 0. The molecule has 0 bridgehead atoms. The van der Waals surface area contributed by atoms with Crippen LogP contribution in [0.2, 0.25) is 5.02 Å². The molecule has 6 heteroatoms. The molecule has 1 saturated heterocycles. The van der Waals surface area contributed by atoms with E-state index in [1.165, 1.54) is 0 Å². The maximum Gasteiger partial charge on any atom is 0.270 e. The second-order valence-corrected chi connectivity index (χ2v) is 7.64. The van der Waals surface area contributed by atoms with Crippen LogP contribution in [0.1, 0.15) is 28.9 Å². The number of benzene rings is 2. The normalized spacial score (nSPS) is 15.0. The average molecular weight is 396 g/mol. The Morgan fingerprint density at radius 2 is 1.79 bits per heavy atom. The fourth-order valence-electron chi connectivity index (χ4n) is 3.65. The number of H-pyrrole nitrogens is 1. The van der Waals surface area contributed by atoms with Crippen LogP contribution in [0.25, 0.3) is 10.9 Å². The van der Waals surface area contributed by atoms with Crippen LogP contribution in [0, 0.1) is 0 Å². The molecule has 1 aliphatic heterocycles. The monoisotopic (exact) mass is 395 g/mol. The van der Waals surface area contributed by atoms with Crippen LogP contribution in [-0.4, -0.2) is 40.8 Å². The van der Waals surface area contributed by atoms with Crippen molar-refractivity contribution in [2.45, 2.75) is 25.3 Å². The Kier molecular flexibility index (Phi) is 5.35. The minimum Gasteiger partial charge on any atom is -0.353 e. The maximum absolute atomic E-state index is 12.8. The molecule has 0 aliphatic carbocycles. The molecule has 2 aromatic carbocycles. The van der Waals surface area contributed by atoms with Crippen LogP contribution in [0.3, 0.4) is 0 Å². The van der Waals surface area contributed by atoms with Crippen LogP contribution in [0.4, 0.5) is 0 Å². The number of amides is 2. The molecule has 1 fully saturated rings. The number of carbonyl (C=O) groups excluding carboxylic acids is 2. The van der Waals surface area contributed by atoms with E-state index in [9.17, 15) is 9.59 Å². The largest absolute Gasteiger partial charge is 0.353 e. The molecule has 0 unspecified atom stereocenters. The van der Waals surface area contributed by atoms with E-state index in [4.69, 9.17) is 11.6 Å². The molecule has 2 N–H and O–H groups in total. The highest BCUT2D eigenvalue weighted by Crippen LogP contribution is 2.19. The number of hydrogen-bond acceptors (Lipinski definition) is 2. The number of nitrogens with one attached hydrogen (secondary N) is 2. The van der Waals surface area contributed by atoms with Crippen LogP contribution < -0.4 is 5.32 Å². The molecule has 144 valence electrons. The van der Waals surface area contributed by atoms with Gasteiger partial charge in [0.05, 0.1) is 6.42 Å². The summed E-state index contributed by atoms with van der Waals surface area (Å²) in [6, 6.07) is 17.2. The van der Waals surface area contributed by atoms with Gasteiger partial charge in [-0.1, -0.05) is 41.9 Å². The van der Waals surface area contributed by atoms with Gasteiger partial charge in [0, 0.05) is 35.1 Å². The van der Waals surface area contributed by atoms with E-state index >= 15 is 0 Å². The third-order valence-electron chi connectivity index (χ3n) is 5.19. The summed E-state index contributed by atoms with van der Waals surface area (Å²) in [6.07, 6.45) is 1.86. The van der Waals surface area contributed by atoms with Crippen molar-refractivity contribution in [3.05, 3.63) is 70.9 Å². The van der Waals surface area contributed by atoms with Crippen molar-refractivity contribution >= 4 is 34.3 Å². The van der Waals surface area contributed by atoms with Gasteiger partial charge in [0.15, 0.2) is 0 Å². The number of rotatable bonds is 4. The average Bonchev–Trinajstić information content (AvgIpc) is 3.14. The van der Waals surface area contributed by atoms with Gasteiger partial charge in [0.25, 0.3) is 5.91 Å². The molecule has 1 aliphatic rings. The Morgan fingerprint density at radius 1 is 1.07 bits per heavy atom. The Bertz CT molecular complexity index is 955. The van der Waals surface area contributed by atoms with Crippen LogP contribution in [0.5, 0.6) is 0 Å². The number of hydrogen-bond donors (Lipinski definition) is 2. The molecular formula is C22H22ClN3O2. The van der Waals surface area contributed by atoms with Gasteiger partial charge in [-0.25, -0.2) is 0 Å². The molecular weight excluding hydrogens is 374 g/mol. The summed E-state index contributed by atoms with van der Waals surface area (Å²) in [5.41, 5.74) is 2.52. The first-order valence-corrected chi connectivity index (χ1v) is 9.87. The van der Waals surface area contributed by atoms with E-state index in [2.05, 4.69) is 10.3 Å². The highest BCUT2D eigenvalue weighted by molar-refractivity contribution is 6.30. The number of nitrogens with zero attached hydrogens (tertiary/aromatic N) is 1. The fraction of sp³-hybridized carbons (Fsp3) is 0.273. The summed E-state index contributed by atoms with van der Waals surface area (Å²) < 4.78 is 0. The van der Waals surface area contributed by atoms with Crippen molar-refractivity contribution in [1.82, 2.24) is 15.2 Å². The van der Waals surface area contributed by atoms with Crippen molar-refractivity contribution in [3.8, 4) is 0 Å². The van der Waals surface area contributed by atoms with Crippen molar-refractivity contribution in [2.24, 2.45) is 0 Å². The van der Waals surface area contributed by atoms with Crippen molar-refractivity contribution in [1.29, 1.82) is 0 Å². The lowest BCUT2D eigenvalue weighted by Gasteiger charge is -2.32. The highest BCUT2D eigenvalue weighted by Gasteiger charge is 2.25. The molecule has 0 atom stereocenters. The lowest BCUT2D eigenvalue weighted by molar-refractivity contribution is -0.121. The van der Waals surface area contributed by atoms with E-state index in [-0.39, 0.29) is 17.9 Å². The standard InChI is InChI=1S/C22H22ClN3O2/c23-17-7-5-15(6-8-17)13-21(27)24-18-9-11-26(12-10-18)22(28)20-14-16-3-1-2-4-19(16)25-20/h1-8,14,18,25H,9-13H2,(H,24,27). The first-order valence-electron chi connectivity index (χ1n) is 9.49. The van der Waals surface area contributed by atoms with Crippen molar-refractivity contribution in [2.75, 3.05) is 13.1 Å². The second-order valence-electron chi connectivity index (χ2n) is 7.21. The summed E-state index contributed by atoms with van der Waals surface area (Å²) in [5.74, 6) is 0.0184. The van der Waals surface area contributed by atoms with E-state index < -0.39 is 0 Å². The molecule has 0 radical (unpaired) electrons. The lowest BCUT2D eigenvalue weighted by atomic mass is 10.0. The molecule has 0 saturated carbocycles. The molecule has 3 aromatic rings. The fourth-order valence-corrected chi connectivity index (χ4v) is 3.78. The molecule has 1 aromatic heterocycles. The molecule has 0 spiro atoms. The third kappa shape index (κ3) is 4.20. The van der Waals surface area contributed by atoms with E-state index in [0.717, 1.165) is 29.3 Å². The summed E-state index contributed by atoms with van der Waals surface area (Å²) in [5, 5.41) is 4.79. The molecule has 2 amide bonds. The smallest absolute Gasteiger partial charge is 0.270 e. The number of likely N-dealkylation sites (tertiary alicyclic amines) is 1. The van der Waals surface area contributed by atoms with Gasteiger partial charge in [-0.2, -0.15) is 0 Å². The minimum atomic E-state index is 0.00252. The molecule has 5 nitrogen and oxygen atoms in total. The predicted octanol–water partition coefficient (Wildman–Crippen LogP) is 3.78. The quantitative estimate of drug-likeness (QED) is 0.706. The zero-order valence-electron chi connectivity index (χ0n) is 15.5. The summed E-state index contributed by atoms with van der Waals surface area (Å²) in [6.45, 7) is 1.28. The van der Waals surface area contributed by atoms with Gasteiger partial charge in [-0.05, 0) is 42.7 Å². The van der Waals surface area contributed by atoms with Gasteiger partial charge in [0.1, 0.15) is 5.69 Å². The first-order chi connectivity index (χ1) is 13.6. The van der Waals surface area contributed by atoms with E-state index in [0.29, 0.717) is 30.2 Å². The zero-order valence-corrected chi connectivity index (χ0v) is 16.2. The van der Waals surface area contributed by atoms with Gasteiger partial charge in [-0.15, -0.1) is 0 Å². The number of piperidine rings is 1. The van der Waals surface area contributed by atoms with Gasteiger partial charge >= 0.3 is 0 Å². The molecule has 28 heavy (non-hydrogen) atoms. The van der Waals surface area contributed by atoms with Crippen LogP contribution in [0.15, 0.2) is 54.6 Å². The van der Waals surface area contributed by atoms with Crippen molar-refractivity contribution in [3.63, 3.8) is 0 Å². The number of para-hydroxylation sites is 1. The van der Waals surface area contributed by atoms with E-state index in [1.807, 2.05) is 47.4 Å². The summed E-state index contributed by atoms with van der Waals surface area (Å²) >= 11 is 5.88. The van der Waals surface area contributed by atoms with E-state index in [1.54, 1.807) is 12.1 Å². The highest BCUT2D eigenvalue weighted by atomic mass is 35.5. The maximum atomic E-state index is 12.8. The summed E-state index contributed by atoms with van der Waals surface area (Å²) in [4.78, 5) is 30.1. The number of fused-ring (bicyclic) bond motifs is 1. The predicted molar refractivity (Wildman–Crippen MR) is 111 cm³/mol. The Labute approximate surface area is 168 Å². The Balaban J connectivity index is 1.29. The second kappa shape index (κ2) is 8.07. The van der Waals surface area contributed by atoms with Gasteiger partial charge in [0.2, 0.25) is 5.91 Å². The lowest BCUT2D eigenvalue weighted by Crippen LogP contribution is -2.47. The van der Waals surface area contributed by atoms with Crippen LogP contribution >= 0.6 is 11.6 Å². The van der Waals surface area contributed by atoms with Gasteiger partial charge < -0.3 is 15.2 Å². The minimum absolute atomic E-state index is 0.00252. The Morgan fingerprint density at radius 3 is 2.50 bits per heavy atom.